The highest BCUT2D eigenvalue weighted by Gasteiger charge is 2.11. The number of para-hydroxylation sites is 1. The third-order valence-electron chi connectivity index (χ3n) is 3.69. The first-order valence-electron chi connectivity index (χ1n) is 7.29. The monoisotopic (exact) mass is 260 g/mol. The van der Waals surface area contributed by atoms with E-state index in [1.165, 1.54) is 12.8 Å². The molecule has 0 aliphatic carbocycles. The minimum Gasteiger partial charge on any atom is -0.440 e. The van der Waals surface area contributed by atoms with E-state index in [0.29, 0.717) is 5.92 Å². The zero-order valence-corrected chi connectivity index (χ0v) is 12.0. The summed E-state index contributed by atoms with van der Waals surface area (Å²) in [6.45, 7) is 5.06. The van der Waals surface area contributed by atoms with Gasteiger partial charge in [-0.25, -0.2) is 4.98 Å². The number of fused-ring (bicyclic) bond motifs is 1. The van der Waals surface area contributed by atoms with Crippen molar-refractivity contribution in [2.75, 3.05) is 6.54 Å². The molecule has 0 aliphatic heterocycles. The van der Waals surface area contributed by atoms with Crippen molar-refractivity contribution in [3.8, 4) is 0 Å². The Labute approximate surface area is 115 Å². The lowest BCUT2D eigenvalue weighted by Crippen LogP contribution is -2.09. The first kappa shape index (κ1) is 14.1. The number of hydrogen-bond acceptors (Lipinski definition) is 3. The van der Waals surface area contributed by atoms with Gasteiger partial charge in [0.1, 0.15) is 5.52 Å². The van der Waals surface area contributed by atoms with Crippen LogP contribution in [0, 0.1) is 12.8 Å². The lowest BCUT2D eigenvalue weighted by molar-refractivity contribution is 0.398. The van der Waals surface area contributed by atoms with E-state index >= 15 is 0 Å². The van der Waals surface area contributed by atoms with Crippen LogP contribution in [-0.2, 0) is 6.42 Å². The molecule has 3 heteroatoms. The van der Waals surface area contributed by atoms with Crippen molar-refractivity contribution in [2.45, 2.75) is 46.0 Å². The molecule has 19 heavy (non-hydrogen) atoms. The van der Waals surface area contributed by atoms with Crippen LogP contribution in [0.2, 0.25) is 0 Å². The van der Waals surface area contributed by atoms with Gasteiger partial charge >= 0.3 is 0 Å². The van der Waals surface area contributed by atoms with Gasteiger partial charge in [0.05, 0.1) is 0 Å². The minimum absolute atomic E-state index is 0.700. The molecule has 0 aliphatic rings. The maximum absolute atomic E-state index is 5.86. The zero-order chi connectivity index (χ0) is 13.7. The van der Waals surface area contributed by atoms with Gasteiger partial charge in [-0.05, 0) is 43.9 Å². The lowest BCUT2D eigenvalue weighted by atomic mass is 9.94. The van der Waals surface area contributed by atoms with Gasteiger partial charge in [0.25, 0.3) is 0 Å². The van der Waals surface area contributed by atoms with Gasteiger partial charge < -0.3 is 10.2 Å². The summed E-state index contributed by atoms with van der Waals surface area (Å²) in [5.74, 6) is 1.56. The normalized spacial score (nSPS) is 13.0. The van der Waals surface area contributed by atoms with E-state index in [1.807, 2.05) is 12.1 Å². The maximum Gasteiger partial charge on any atom is 0.195 e. The van der Waals surface area contributed by atoms with Gasteiger partial charge in [-0.2, -0.15) is 0 Å². The molecule has 0 saturated carbocycles. The quantitative estimate of drug-likeness (QED) is 0.823. The fourth-order valence-electron chi connectivity index (χ4n) is 2.64. The molecule has 1 heterocycles. The standard InChI is InChI=1S/C16H24N2O/c1-3-5-13(10-11-17)8-9-15-18-14-7-4-6-12(2)16(14)19-15/h4,6-7,13H,3,5,8-11,17H2,1-2H3. The van der Waals surface area contributed by atoms with Gasteiger partial charge in [0.15, 0.2) is 11.5 Å². The molecule has 0 bridgehead atoms. The molecule has 0 fully saturated rings. The highest BCUT2D eigenvalue weighted by molar-refractivity contribution is 5.75. The van der Waals surface area contributed by atoms with Crippen LogP contribution >= 0.6 is 0 Å². The fourth-order valence-corrected chi connectivity index (χ4v) is 2.64. The number of benzene rings is 1. The van der Waals surface area contributed by atoms with Gasteiger partial charge in [-0.1, -0.05) is 31.9 Å². The van der Waals surface area contributed by atoms with E-state index in [4.69, 9.17) is 10.2 Å². The predicted octanol–water partition coefficient (Wildman–Crippen LogP) is 3.83. The van der Waals surface area contributed by atoms with Crippen molar-refractivity contribution in [1.29, 1.82) is 0 Å². The van der Waals surface area contributed by atoms with Crippen LogP contribution in [0.25, 0.3) is 11.1 Å². The van der Waals surface area contributed by atoms with Gasteiger partial charge in [0, 0.05) is 6.42 Å². The molecular weight excluding hydrogens is 236 g/mol. The number of aromatic nitrogens is 1. The third kappa shape index (κ3) is 3.57. The Balaban J connectivity index is 2.02. The summed E-state index contributed by atoms with van der Waals surface area (Å²) < 4.78 is 5.86. The molecular formula is C16H24N2O. The molecule has 0 radical (unpaired) electrons. The summed E-state index contributed by atoms with van der Waals surface area (Å²) in [7, 11) is 0. The topological polar surface area (TPSA) is 52.0 Å². The minimum atomic E-state index is 0.700. The number of hydrogen-bond donors (Lipinski definition) is 1. The summed E-state index contributed by atoms with van der Waals surface area (Å²) >= 11 is 0. The van der Waals surface area contributed by atoms with Crippen LogP contribution in [-0.4, -0.2) is 11.5 Å². The summed E-state index contributed by atoms with van der Waals surface area (Å²) in [4.78, 5) is 4.57. The van der Waals surface area contributed by atoms with Crippen molar-refractivity contribution in [3.05, 3.63) is 29.7 Å². The number of aryl methyl sites for hydroxylation is 2. The number of nitrogens with two attached hydrogens (primary N) is 1. The van der Waals surface area contributed by atoms with Gasteiger partial charge in [-0.3, -0.25) is 0 Å². The van der Waals surface area contributed by atoms with Crippen molar-refractivity contribution < 1.29 is 4.42 Å². The largest absolute Gasteiger partial charge is 0.440 e. The van der Waals surface area contributed by atoms with E-state index < -0.39 is 0 Å². The molecule has 1 aromatic heterocycles. The molecule has 3 nitrogen and oxygen atoms in total. The second-order valence-electron chi connectivity index (χ2n) is 5.30. The molecule has 0 spiro atoms. The molecule has 104 valence electrons. The summed E-state index contributed by atoms with van der Waals surface area (Å²) in [5.41, 5.74) is 8.73. The number of rotatable bonds is 7. The van der Waals surface area contributed by atoms with Crippen LogP contribution in [0.5, 0.6) is 0 Å². The Bertz CT molecular complexity index is 512. The molecule has 0 saturated heterocycles. The van der Waals surface area contributed by atoms with E-state index in [1.54, 1.807) is 0 Å². The summed E-state index contributed by atoms with van der Waals surface area (Å²) in [6, 6.07) is 6.10. The van der Waals surface area contributed by atoms with Crippen molar-refractivity contribution >= 4 is 11.1 Å². The number of nitrogens with zero attached hydrogens (tertiary/aromatic N) is 1. The molecule has 2 aromatic rings. The van der Waals surface area contributed by atoms with E-state index in [9.17, 15) is 0 Å². The Kier molecular flexibility index (Phi) is 4.97. The van der Waals surface area contributed by atoms with Crippen LogP contribution in [0.15, 0.2) is 22.6 Å². The Morgan fingerprint density at radius 3 is 2.79 bits per heavy atom. The van der Waals surface area contributed by atoms with Crippen molar-refractivity contribution in [3.63, 3.8) is 0 Å². The molecule has 1 atom stereocenters. The maximum atomic E-state index is 5.86. The van der Waals surface area contributed by atoms with E-state index in [2.05, 4.69) is 24.9 Å². The third-order valence-corrected chi connectivity index (χ3v) is 3.69. The molecule has 0 amide bonds. The van der Waals surface area contributed by atoms with Crippen LogP contribution in [0.1, 0.15) is 44.1 Å². The fraction of sp³-hybridized carbons (Fsp3) is 0.562. The van der Waals surface area contributed by atoms with Crippen LogP contribution in [0.4, 0.5) is 0 Å². The first-order chi connectivity index (χ1) is 9.24. The first-order valence-corrected chi connectivity index (χ1v) is 7.29. The molecule has 2 N–H and O–H groups in total. The van der Waals surface area contributed by atoms with Crippen LogP contribution < -0.4 is 5.73 Å². The Hall–Kier alpha value is -1.35. The van der Waals surface area contributed by atoms with Crippen molar-refractivity contribution in [1.82, 2.24) is 4.98 Å². The number of oxazole rings is 1. The Morgan fingerprint density at radius 1 is 1.26 bits per heavy atom. The second kappa shape index (κ2) is 6.71. The SMILES string of the molecule is CCCC(CCN)CCc1nc2cccc(C)c2o1. The molecule has 1 aromatic carbocycles. The summed E-state index contributed by atoms with van der Waals surface area (Å²) in [6.07, 6.45) is 5.61. The zero-order valence-electron chi connectivity index (χ0n) is 12.0. The summed E-state index contributed by atoms with van der Waals surface area (Å²) in [5, 5.41) is 0. The van der Waals surface area contributed by atoms with E-state index in [-0.39, 0.29) is 0 Å². The van der Waals surface area contributed by atoms with Crippen LogP contribution in [0.3, 0.4) is 0 Å². The second-order valence-corrected chi connectivity index (χ2v) is 5.30. The lowest BCUT2D eigenvalue weighted by Gasteiger charge is -2.13. The van der Waals surface area contributed by atoms with E-state index in [0.717, 1.165) is 48.4 Å². The molecule has 2 rings (SSSR count). The average molecular weight is 260 g/mol. The smallest absolute Gasteiger partial charge is 0.195 e. The highest BCUT2D eigenvalue weighted by Crippen LogP contribution is 2.22. The highest BCUT2D eigenvalue weighted by atomic mass is 16.3. The van der Waals surface area contributed by atoms with Gasteiger partial charge in [0.2, 0.25) is 0 Å². The van der Waals surface area contributed by atoms with Gasteiger partial charge in [-0.15, -0.1) is 0 Å². The Morgan fingerprint density at radius 2 is 2.11 bits per heavy atom. The molecule has 1 unspecified atom stereocenters. The predicted molar refractivity (Wildman–Crippen MR) is 79.1 cm³/mol. The van der Waals surface area contributed by atoms with Crippen molar-refractivity contribution in [2.24, 2.45) is 11.7 Å². The average Bonchev–Trinajstić information content (AvgIpc) is 2.81.